The summed E-state index contributed by atoms with van der Waals surface area (Å²) >= 11 is 0. The summed E-state index contributed by atoms with van der Waals surface area (Å²) in [5.74, 6) is 0.973. The summed E-state index contributed by atoms with van der Waals surface area (Å²) in [6.07, 6.45) is 3.94. The number of nitrogens with two attached hydrogens (primary N) is 1. The number of fused-ring (bicyclic) bond motifs is 2. The molecule has 3 N–H and O–H groups in total. The highest BCUT2D eigenvalue weighted by Gasteiger charge is 2.39. The van der Waals surface area contributed by atoms with Gasteiger partial charge >= 0.3 is 0 Å². The average molecular weight is 244 g/mol. The van der Waals surface area contributed by atoms with Crippen molar-refractivity contribution < 1.29 is 0 Å². The van der Waals surface area contributed by atoms with E-state index in [1.54, 1.807) is 0 Å². The van der Waals surface area contributed by atoms with Gasteiger partial charge in [-0.25, -0.2) is 0 Å². The standard InChI is InChI=1S/C14H20N4/c1-8-5-12(13(14(15)16)9(2)17-8)18-7-10-3-4-11(18)6-10/h5,10-11H,3-4,6-7H2,1-2H3,(H3,15,16). The molecule has 1 saturated carbocycles. The van der Waals surface area contributed by atoms with Gasteiger partial charge in [-0.3, -0.25) is 10.4 Å². The molecule has 18 heavy (non-hydrogen) atoms. The van der Waals surface area contributed by atoms with Crippen LogP contribution in [-0.4, -0.2) is 23.4 Å². The highest BCUT2D eigenvalue weighted by atomic mass is 15.2. The number of aromatic nitrogens is 1. The molecule has 0 spiro atoms. The molecule has 2 unspecified atom stereocenters. The maximum Gasteiger partial charge on any atom is 0.126 e. The lowest BCUT2D eigenvalue weighted by molar-refractivity contribution is 0.553. The Morgan fingerprint density at radius 1 is 1.44 bits per heavy atom. The lowest BCUT2D eigenvalue weighted by Crippen LogP contribution is -2.34. The highest BCUT2D eigenvalue weighted by Crippen LogP contribution is 2.41. The first-order valence-corrected chi connectivity index (χ1v) is 6.65. The number of hydrogen-bond acceptors (Lipinski definition) is 3. The Morgan fingerprint density at radius 2 is 2.22 bits per heavy atom. The van der Waals surface area contributed by atoms with E-state index in [1.807, 2.05) is 13.8 Å². The van der Waals surface area contributed by atoms with Gasteiger partial charge in [-0.15, -0.1) is 0 Å². The Kier molecular flexibility index (Phi) is 2.54. The van der Waals surface area contributed by atoms with Crippen molar-refractivity contribution in [3.8, 4) is 0 Å². The van der Waals surface area contributed by atoms with Crippen molar-refractivity contribution in [3.05, 3.63) is 23.0 Å². The first kappa shape index (κ1) is 11.5. The van der Waals surface area contributed by atoms with Gasteiger partial charge in [-0.05, 0) is 45.1 Å². The summed E-state index contributed by atoms with van der Waals surface area (Å²) in [5, 5.41) is 7.80. The van der Waals surface area contributed by atoms with Gasteiger partial charge in [0.2, 0.25) is 0 Å². The van der Waals surface area contributed by atoms with Crippen LogP contribution >= 0.6 is 0 Å². The lowest BCUT2D eigenvalue weighted by Gasteiger charge is -2.31. The van der Waals surface area contributed by atoms with E-state index in [0.29, 0.717) is 6.04 Å². The van der Waals surface area contributed by atoms with E-state index in [2.05, 4.69) is 16.0 Å². The molecule has 2 fully saturated rings. The van der Waals surface area contributed by atoms with Crippen molar-refractivity contribution in [1.82, 2.24) is 4.98 Å². The van der Waals surface area contributed by atoms with Gasteiger partial charge < -0.3 is 10.6 Å². The number of pyridine rings is 1. The van der Waals surface area contributed by atoms with Crippen molar-refractivity contribution in [1.29, 1.82) is 5.41 Å². The molecule has 0 amide bonds. The molecule has 2 atom stereocenters. The van der Waals surface area contributed by atoms with E-state index >= 15 is 0 Å². The van der Waals surface area contributed by atoms with E-state index in [-0.39, 0.29) is 5.84 Å². The maximum absolute atomic E-state index is 7.80. The minimum atomic E-state index is 0.137. The summed E-state index contributed by atoms with van der Waals surface area (Å²) < 4.78 is 0. The van der Waals surface area contributed by atoms with Crippen molar-refractivity contribution in [2.24, 2.45) is 11.7 Å². The number of anilines is 1. The number of nitrogens with one attached hydrogen (secondary N) is 1. The minimum absolute atomic E-state index is 0.137. The molecule has 2 heterocycles. The molecule has 1 aromatic rings. The molecule has 1 saturated heterocycles. The van der Waals surface area contributed by atoms with E-state index in [9.17, 15) is 0 Å². The molecule has 0 radical (unpaired) electrons. The summed E-state index contributed by atoms with van der Waals surface area (Å²) in [7, 11) is 0. The maximum atomic E-state index is 7.80. The Balaban J connectivity index is 2.08. The van der Waals surface area contributed by atoms with Crippen LogP contribution in [0, 0.1) is 25.2 Å². The van der Waals surface area contributed by atoms with Crippen LogP contribution in [0.4, 0.5) is 5.69 Å². The first-order valence-electron chi connectivity index (χ1n) is 6.65. The van der Waals surface area contributed by atoms with Gasteiger partial charge in [-0.1, -0.05) is 0 Å². The number of nitrogen functional groups attached to an aromatic ring is 1. The zero-order valence-corrected chi connectivity index (χ0v) is 11.0. The molecule has 96 valence electrons. The quantitative estimate of drug-likeness (QED) is 0.617. The van der Waals surface area contributed by atoms with Gasteiger partial charge in [0.05, 0.1) is 16.9 Å². The van der Waals surface area contributed by atoms with Crippen LogP contribution in [0.3, 0.4) is 0 Å². The van der Waals surface area contributed by atoms with Gasteiger partial charge in [0, 0.05) is 18.3 Å². The highest BCUT2D eigenvalue weighted by molar-refractivity contribution is 6.01. The Morgan fingerprint density at radius 3 is 2.78 bits per heavy atom. The number of piperidine rings is 1. The van der Waals surface area contributed by atoms with Gasteiger partial charge in [-0.2, -0.15) is 0 Å². The van der Waals surface area contributed by atoms with E-state index < -0.39 is 0 Å². The Labute approximate surface area is 108 Å². The normalized spacial score (nSPS) is 25.8. The third-order valence-electron chi connectivity index (χ3n) is 4.30. The lowest BCUT2D eigenvalue weighted by atomic mass is 10.1. The zero-order valence-electron chi connectivity index (χ0n) is 11.0. The number of amidine groups is 1. The van der Waals surface area contributed by atoms with Crippen molar-refractivity contribution >= 4 is 11.5 Å². The molecule has 2 bridgehead atoms. The van der Waals surface area contributed by atoms with Crippen LogP contribution in [-0.2, 0) is 0 Å². The number of nitrogens with zero attached hydrogens (tertiary/aromatic N) is 2. The van der Waals surface area contributed by atoms with Gasteiger partial charge in [0.25, 0.3) is 0 Å². The van der Waals surface area contributed by atoms with Crippen LogP contribution in [0.1, 0.15) is 36.2 Å². The number of aryl methyl sites for hydroxylation is 2. The topological polar surface area (TPSA) is 66.0 Å². The van der Waals surface area contributed by atoms with Crippen LogP contribution < -0.4 is 10.6 Å². The van der Waals surface area contributed by atoms with Crippen molar-refractivity contribution in [3.63, 3.8) is 0 Å². The van der Waals surface area contributed by atoms with Crippen LogP contribution in [0.25, 0.3) is 0 Å². The van der Waals surface area contributed by atoms with Crippen LogP contribution in [0.2, 0.25) is 0 Å². The molecule has 2 aliphatic rings. The average Bonchev–Trinajstić information content (AvgIpc) is 2.88. The molecular weight excluding hydrogens is 224 g/mol. The van der Waals surface area contributed by atoms with Crippen molar-refractivity contribution in [2.45, 2.75) is 39.2 Å². The van der Waals surface area contributed by atoms with E-state index in [0.717, 1.165) is 35.1 Å². The Hall–Kier alpha value is -1.58. The third kappa shape index (κ3) is 1.67. The predicted molar refractivity (Wildman–Crippen MR) is 73.2 cm³/mol. The molecule has 1 aliphatic carbocycles. The second kappa shape index (κ2) is 3.97. The minimum Gasteiger partial charge on any atom is -0.384 e. The molecule has 4 nitrogen and oxygen atoms in total. The molecule has 4 heteroatoms. The molecule has 1 aliphatic heterocycles. The summed E-state index contributed by atoms with van der Waals surface area (Å²) in [5.41, 5.74) is 9.58. The first-order chi connectivity index (χ1) is 8.56. The van der Waals surface area contributed by atoms with Crippen LogP contribution in [0.15, 0.2) is 6.07 Å². The second-order valence-electron chi connectivity index (χ2n) is 5.64. The second-order valence-corrected chi connectivity index (χ2v) is 5.64. The predicted octanol–water partition coefficient (Wildman–Crippen LogP) is 1.97. The van der Waals surface area contributed by atoms with Crippen LogP contribution in [0.5, 0.6) is 0 Å². The molecule has 1 aromatic heterocycles. The zero-order chi connectivity index (χ0) is 12.9. The fourth-order valence-corrected chi connectivity index (χ4v) is 3.59. The fraction of sp³-hybridized carbons (Fsp3) is 0.571. The van der Waals surface area contributed by atoms with E-state index in [1.165, 1.54) is 19.3 Å². The molecule has 0 aromatic carbocycles. The van der Waals surface area contributed by atoms with E-state index in [4.69, 9.17) is 11.1 Å². The third-order valence-corrected chi connectivity index (χ3v) is 4.30. The fourth-order valence-electron chi connectivity index (χ4n) is 3.59. The molecule has 3 rings (SSSR count). The Bertz CT molecular complexity index is 509. The number of hydrogen-bond donors (Lipinski definition) is 2. The van der Waals surface area contributed by atoms with Gasteiger partial charge in [0.1, 0.15) is 5.84 Å². The summed E-state index contributed by atoms with van der Waals surface area (Å²) in [4.78, 5) is 6.89. The monoisotopic (exact) mass is 244 g/mol. The largest absolute Gasteiger partial charge is 0.384 e. The summed E-state index contributed by atoms with van der Waals surface area (Å²) in [6.45, 7) is 5.07. The smallest absolute Gasteiger partial charge is 0.126 e. The SMILES string of the molecule is Cc1cc(N2CC3CCC2C3)c(C(=N)N)c(C)n1. The van der Waals surface area contributed by atoms with Gasteiger partial charge in [0.15, 0.2) is 0 Å². The number of rotatable bonds is 2. The summed E-state index contributed by atoms with van der Waals surface area (Å²) in [6, 6.07) is 2.74. The molecular formula is C14H20N4. The van der Waals surface area contributed by atoms with Crippen molar-refractivity contribution in [2.75, 3.05) is 11.4 Å².